The Hall–Kier alpha value is -0.260. The lowest BCUT2D eigenvalue weighted by atomic mass is 9.87. The van der Waals surface area contributed by atoms with Crippen molar-refractivity contribution in [2.24, 2.45) is 17.8 Å². The van der Waals surface area contributed by atoms with Gasteiger partial charge in [0.2, 0.25) is 0 Å². The zero-order valence-corrected chi connectivity index (χ0v) is 21.3. The predicted octanol–water partition coefficient (Wildman–Crippen LogP) is 10.9. The number of hydrogen-bond donors (Lipinski definition) is 0. The molecule has 0 amide bonds. The van der Waals surface area contributed by atoms with Gasteiger partial charge in [0.1, 0.15) is 0 Å². The molecule has 0 nitrogen and oxygen atoms in total. The molecule has 0 heterocycles. The van der Waals surface area contributed by atoms with Crippen LogP contribution in [0.1, 0.15) is 157 Å². The van der Waals surface area contributed by atoms with Crippen molar-refractivity contribution in [1.29, 1.82) is 0 Å². The zero-order valence-electron chi connectivity index (χ0n) is 21.3. The van der Waals surface area contributed by atoms with Crippen molar-refractivity contribution in [1.82, 2.24) is 0 Å². The Morgan fingerprint density at radius 1 is 0.483 bits per heavy atom. The molecule has 0 aromatic heterocycles. The van der Waals surface area contributed by atoms with E-state index in [-0.39, 0.29) is 0 Å². The summed E-state index contributed by atoms with van der Waals surface area (Å²) in [4.78, 5) is 0. The minimum Gasteiger partial charge on any atom is -0.0883 e. The number of allylic oxidation sites excluding steroid dienone is 2. The summed E-state index contributed by atoms with van der Waals surface area (Å²) < 4.78 is 0. The van der Waals surface area contributed by atoms with Gasteiger partial charge in [0.05, 0.1) is 0 Å². The van der Waals surface area contributed by atoms with Crippen LogP contribution in [0.5, 0.6) is 0 Å². The van der Waals surface area contributed by atoms with Crippen molar-refractivity contribution < 1.29 is 0 Å². The molecule has 0 fully saturated rings. The molecule has 0 saturated carbocycles. The van der Waals surface area contributed by atoms with Crippen LogP contribution >= 0.6 is 0 Å². The normalized spacial score (nSPS) is 14.1. The van der Waals surface area contributed by atoms with Crippen LogP contribution in [-0.4, -0.2) is 0 Å². The molecule has 174 valence electrons. The molecule has 0 rings (SSSR count). The highest BCUT2D eigenvalue weighted by Gasteiger charge is 2.11. The fraction of sp³-hybridized carbons (Fsp3) is 0.931. The maximum atomic E-state index is 2.46. The lowest BCUT2D eigenvalue weighted by molar-refractivity contribution is 0.335. The van der Waals surface area contributed by atoms with E-state index in [2.05, 4.69) is 46.8 Å². The summed E-state index contributed by atoms with van der Waals surface area (Å²) >= 11 is 0. The Morgan fingerprint density at radius 3 is 1.45 bits per heavy atom. The molecule has 0 aliphatic rings. The van der Waals surface area contributed by atoms with Gasteiger partial charge in [-0.15, -0.1) is 0 Å². The van der Waals surface area contributed by atoms with Crippen LogP contribution in [0, 0.1) is 17.8 Å². The van der Waals surface area contributed by atoms with Gasteiger partial charge in [-0.2, -0.15) is 0 Å². The van der Waals surface area contributed by atoms with Crippen molar-refractivity contribution in [3.8, 4) is 0 Å². The third-order valence-corrected chi connectivity index (χ3v) is 7.29. The Bertz CT molecular complexity index is 325. The maximum Gasteiger partial charge on any atom is -0.0239 e. The molecule has 29 heavy (non-hydrogen) atoms. The monoisotopic (exact) mass is 406 g/mol. The van der Waals surface area contributed by atoms with Gasteiger partial charge in [-0.05, 0) is 43.4 Å². The van der Waals surface area contributed by atoms with Crippen LogP contribution in [-0.2, 0) is 0 Å². The largest absolute Gasteiger partial charge is 0.0883 e. The summed E-state index contributed by atoms with van der Waals surface area (Å²) in [5.74, 6) is 2.81. The van der Waals surface area contributed by atoms with Crippen LogP contribution in [0.4, 0.5) is 0 Å². The molecule has 2 unspecified atom stereocenters. The first-order valence-corrected chi connectivity index (χ1v) is 13.9. The van der Waals surface area contributed by atoms with Gasteiger partial charge in [0, 0.05) is 0 Å². The van der Waals surface area contributed by atoms with Crippen molar-refractivity contribution in [3.63, 3.8) is 0 Å². The molecule has 0 spiro atoms. The Kier molecular flexibility index (Phi) is 22.2. The molecular weight excluding hydrogens is 348 g/mol. The summed E-state index contributed by atoms with van der Waals surface area (Å²) in [5, 5.41) is 0. The van der Waals surface area contributed by atoms with E-state index in [1.165, 1.54) is 122 Å². The Labute approximate surface area is 186 Å². The van der Waals surface area contributed by atoms with Crippen LogP contribution in [0.15, 0.2) is 12.2 Å². The molecule has 0 saturated heterocycles. The van der Waals surface area contributed by atoms with Crippen LogP contribution in [0.25, 0.3) is 0 Å². The second kappa shape index (κ2) is 22.4. The van der Waals surface area contributed by atoms with Gasteiger partial charge >= 0.3 is 0 Å². The van der Waals surface area contributed by atoms with E-state index in [0.29, 0.717) is 0 Å². The van der Waals surface area contributed by atoms with E-state index >= 15 is 0 Å². The highest BCUT2D eigenvalue weighted by Crippen LogP contribution is 2.26. The van der Waals surface area contributed by atoms with Gasteiger partial charge in [0.15, 0.2) is 0 Å². The second-order valence-electron chi connectivity index (χ2n) is 9.68. The summed E-state index contributed by atoms with van der Waals surface area (Å²) in [6, 6.07) is 0. The summed E-state index contributed by atoms with van der Waals surface area (Å²) in [6.07, 6.45) is 31.9. The highest BCUT2D eigenvalue weighted by atomic mass is 14.2. The third kappa shape index (κ3) is 18.2. The lowest BCUT2D eigenvalue weighted by Crippen LogP contribution is -2.05. The van der Waals surface area contributed by atoms with E-state index in [4.69, 9.17) is 0 Å². The van der Waals surface area contributed by atoms with E-state index in [1.54, 1.807) is 0 Å². The van der Waals surface area contributed by atoms with Crippen molar-refractivity contribution in [2.75, 3.05) is 0 Å². The molecular formula is C29H58. The van der Waals surface area contributed by atoms with Crippen molar-refractivity contribution >= 4 is 0 Å². The fourth-order valence-electron chi connectivity index (χ4n) is 4.67. The molecule has 0 bridgehead atoms. The van der Waals surface area contributed by atoms with E-state index in [1.807, 2.05) is 0 Å². The number of rotatable bonds is 22. The quantitative estimate of drug-likeness (QED) is 0.124. The predicted molar refractivity (Wildman–Crippen MR) is 136 cm³/mol. The number of unbranched alkanes of at least 4 members (excludes halogenated alkanes) is 9. The Balaban J connectivity index is 3.53. The standard InChI is InChI=1S/C29H58/c1-6-11-22-28(9-4)25-26-29(10-5)24-21-19-17-15-13-12-14-16-18-20-23-27(7-2)8-3/h20,23,27-29H,6-19,21-22,24-26H2,1-5H3. The maximum absolute atomic E-state index is 2.46. The molecule has 2 atom stereocenters. The molecule has 0 radical (unpaired) electrons. The molecule has 0 aliphatic carbocycles. The lowest BCUT2D eigenvalue weighted by Gasteiger charge is -2.19. The Morgan fingerprint density at radius 2 is 0.966 bits per heavy atom. The van der Waals surface area contributed by atoms with E-state index in [0.717, 1.165) is 17.8 Å². The van der Waals surface area contributed by atoms with Crippen LogP contribution in [0.3, 0.4) is 0 Å². The zero-order chi connectivity index (χ0) is 21.6. The van der Waals surface area contributed by atoms with Gasteiger partial charge in [-0.1, -0.05) is 143 Å². The molecule has 0 aromatic carbocycles. The van der Waals surface area contributed by atoms with E-state index < -0.39 is 0 Å². The van der Waals surface area contributed by atoms with Gasteiger partial charge in [-0.25, -0.2) is 0 Å². The topological polar surface area (TPSA) is 0 Å². The van der Waals surface area contributed by atoms with Crippen LogP contribution in [0.2, 0.25) is 0 Å². The van der Waals surface area contributed by atoms with Gasteiger partial charge in [-0.3, -0.25) is 0 Å². The smallest absolute Gasteiger partial charge is 0.0239 e. The summed E-state index contributed by atoms with van der Waals surface area (Å²) in [7, 11) is 0. The fourth-order valence-corrected chi connectivity index (χ4v) is 4.67. The van der Waals surface area contributed by atoms with Crippen LogP contribution < -0.4 is 0 Å². The highest BCUT2D eigenvalue weighted by molar-refractivity contribution is 4.87. The molecule has 0 aliphatic heterocycles. The number of hydrogen-bond acceptors (Lipinski definition) is 0. The first-order valence-electron chi connectivity index (χ1n) is 13.9. The first kappa shape index (κ1) is 28.7. The molecule has 0 heteroatoms. The first-order chi connectivity index (χ1) is 14.2. The summed E-state index contributed by atoms with van der Waals surface area (Å²) in [5.41, 5.74) is 0. The SMILES string of the molecule is CCCCC(CC)CCC(CC)CCCCCCCCCCC=CC(CC)CC. The average Bonchev–Trinajstić information content (AvgIpc) is 2.75. The van der Waals surface area contributed by atoms with Crippen molar-refractivity contribution in [3.05, 3.63) is 12.2 Å². The summed E-state index contributed by atoms with van der Waals surface area (Å²) in [6.45, 7) is 11.7. The molecule has 0 N–H and O–H groups in total. The van der Waals surface area contributed by atoms with Gasteiger partial charge < -0.3 is 0 Å². The van der Waals surface area contributed by atoms with Gasteiger partial charge in [0.25, 0.3) is 0 Å². The van der Waals surface area contributed by atoms with E-state index in [9.17, 15) is 0 Å². The van der Waals surface area contributed by atoms with Crippen molar-refractivity contribution in [2.45, 2.75) is 157 Å². The minimum atomic E-state index is 0.816. The minimum absolute atomic E-state index is 0.816. The third-order valence-electron chi connectivity index (χ3n) is 7.29. The molecule has 0 aromatic rings. The second-order valence-corrected chi connectivity index (χ2v) is 9.68. The average molecular weight is 407 g/mol.